The SMILES string of the molecule is O=C(/C=C/c1ccsc1)Nc1cc(Cl)c(Cl)cc1Cl. The monoisotopic (exact) mass is 331 g/mol. The van der Waals surface area contributed by atoms with Crippen molar-refractivity contribution in [3.05, 3.63) is 55.7 Å². The molecule has 2 aromatic rings. The van der Waals surface area contributed by atoms with E-state index in [0.29, 0.717) is 20.8 Å². The average molecular weight is 333 g/mol. The van der Waals surface area contributed by atoms with Crippen molar-refractivity contribution >= 4 is 63.8 Å². The van der Waals surface area contributed by atoms with Crippen LogP contribution in [-0.4, -0.2) is 5.91 Å². The van der Waals surface area contributed by atoms with Gasteiger partial charge in [0.25, 0.3) is 0 Å². The van der Waals surface area contributed by atoms with Crippen LogP contribution in [0.4, 0.5) is 5.69 Å². The number of carbonyl (C=O) groups excluding carboxylic acids is 1. The Morgan fingerprint density at radius 2 is 1.89 bits per heavy atom. The molecule has 2 rings (SSSR count). The van der Waals surface area contributed by atoms with E-state index in [4.69, 9.17) is 34.8 Å². The van der Waals surface area contributed by atoms with Crippen LogP contribution in [-0.2, 0) is 4.79 Å². The zero-order valence-corrected chi connectivity index (χ0v) is 12.6. The molecule has 1 heterocycles. The van der Waals surface area contributed by atoms with Crippen LogP contribution in [0.1, 0.15) is 5.56 Å². The highest BCUT2D eigenvalue weighted by atomic mass is 35.5. The quantitative estimate of drug-likeness (QED) is 0.595. The van der Waals surface area contributed by atoms with Crippen LogP contribution < -0.4 is 5.32 Å². The van der Waals surface area contributed by atoms with Gasteiger partial charge in [0.05, 0.1) is 20.8 Å². The molecule has 1 aromatic carbocycles. The Balaban J connectivity index is 2.09. The number of halogens is 3. The van der Waals surface area contributed by atoms with Crippen molar-refractivity contribution in [2.24, 2.45) is 0 Å². The van der Waals surface area contributed by atoms with E-state index in [-0.39, 0.29) is 5.91 Å². The highest BCUT2D eigenvalue weighted by molar-refractivity contribution is 7.08. The summed E-state index contributed by atoms with van der Waals surface area (Å²) in [6.07, 6.45) is 3.15. The fraction of sp³-hybridized carbons (Fsp3) is 0. The summed E-state index contributed by atoms with van der Waals surface area (Å²) in [6, 6.07) is 4.92. The number of carbonyl (C=O) groups is 1. The molecule has 1 N–H and O–H groups in total. The van der Waals surface area contributed by atoms with Crippen LogP contribution in [0.2, 0.25) is 15.1 Å². The van der Waals surface area contributed by atoms with E-state index in [2.05, 4.69) is 5.32 Å². The second-order valence-electron chi connectivity index (χ2n) is 3.63. The molecule has 0 saturated heterocycles. The molecular formula is C13H8Cl3NOS. The summed E-state index contributed by atoms with van der Waals surface area (Å²) in [7, 11) is 0. The number of nitrogens with one attached hydrogen (secondary N) is 1. The average Bonchev–Trinajstić information content (AvgIpc) is 2.86. The molecule has 2 nitrogen and oxygen atoms in total. The summed E-state index contributed by atoms with van der Waals surface area (Å²) >= 11 is 19.2. The third-order valence-electron chi connectivity index (χ3n) is 2.24. The Morgan fingerprint density at radius 1 is 1.16 bits per heavy atom. The maximum Gasteiger partial charge on any atom is 0.248 e. The maximum absolute atomic E-state index is 11.7. The standard InChI is InChI=1S/C13H8Cl3NOS/c14-9-5-11(16)12(6-10(9)15)17-13(18)2-1-8-3-4-19-7-8/h1-7H,(H,17,18)/b2-1+. The molecule has 0 aliphatic carbocycles. The van der Waals surface area contributed by atoms with Crippen molar-refractivity contribution in [3.8, 4) is 0 Å². The molecule has 0 atom stereocenters. The van der Waals surface area contributed by atoms with E-state index in [0.717, 1.165) is 5.56 Å². The molecule has 0 fully saturated rings. The van der Waals surface area contributed by atoms with Crippen LogP contribution in [0.5, 0.6) is 0 Å². The van der Waals surface area contributed by atoms with Crippen molar-refractivity contribution in [3.63, 3.8) is 0 Å². The molecule has 1 aromatic heterocycles. The molecule has 0 radical (unpaired) electrons. The van der Waals surface area contributed by atoms with Crippen LogP contribution in [0.25, 0.3) is 6.08 Å². The normalized spacial score (nSPS) is 10.9. The Labute approximate surface area is 129 Å². The van der Waals surface area contributed by atoms with Gasteiger partial charge in [-0.15, -0.1) is 0 Å². The first-order valence-electron chi connectivity index (χ1n) is 5.22. The van der Waals surface area contributed by atoms with Gasteiger partial charge in [-0.25, -0.2) is 0 Å². The largest absolute Gasteiger partial charge is 0.321 e. The lowest BCUT2D eigenvalue weighted by atomic mass is 10.3. The first kappa shape index (κ1) is 14.4. The predicted molar refractivity (Wildman–Crippen MR) is 83.5 cm³/mol. The minimum atomic E-state index is -0.286. The molecule has 0 unspecified atom stereocenters. The van der Waals surface area contributed by atoms with Gasteiger partial charge in [0.15, 0.2) is 0 Å². The van der Waals surface area contributed by atoms with Crippen LogP contribution >= 0.6 is 46.1 Å². The van der Waals surface area contributed by atoms with E-state index in [1.165, 1.54) is 18.2 Å². The Bertz CT molecular complexity index is 623. The molecule has 6 heteroatoms. The van der Waals surface area contributed by atoms with Crippen LogP contribution in [0, 0.1) is 0 Å². The fourth-order valence-corrected chi connectivity index (χ4v) is 2.56. The molecule has 0 saturated carbocycles. The highest BCUT2D eigenvalue weighted by Gasteiger charge is 2.07. The Morgan fingerprint density at radius 3 is 2.58 bits per heavy atom. The zero-order chi connectivity index (χ0) is 13.8. The van der Waals surface area contributed by atoms with Crippen LogP contribution in [0.15, 0.2) is 35.0 Å². The van der Waals surface area contributed by atoms with E-state index in [1.807, 2.05) is 16.8 Å². The minimum absolute atomic E-state index is 0.286. The molecule has 98 valence electrons. The second kappa shape index (κ2) is 6.44. The maximum atomic E-state index is 11.7. The summed E-state index contributed by atoms with van der Waals surface area (Å²) in [5.41, 5.74) is 1.40. The van der Waals surface area contributed by atoms with Gasteiger partial charge in [0.2, 0.25) is 5.91 Å². The zero-order valence-electron chi connectivity index (χ0n) is 9.49. The number of benzene rings is 1. The van der Waals surface area contributed by atoms with Crippen molar-refractivity contribution in [2.75, 3.05) is 5.32 Å². The van der Waals surface area contributed by atoms with Crippen molar-refractivity contribution in [1.82, 2.24) is 0 Å². The van der Waals surface area contributed by atoms with Crippen molar-refractivity contribution in [2.45, 2.75) is 0 Å². The summed E-state index contributed by atoms with van der Waals surface area (Å²) in [4.78, 5) is 11.7. The number of hydrogen-bond donors (Lipinski definition) is 1. The fourth-order valence-electron chi connectivity index (χ4n) is 1.33. The molecule has 19 heavy (non-hydrogen) atoms. The Kier molecular flexibility index (Phi) is 4.88. The van der Waals surface area contributed by atoms with Crippen molar-refractivity contribution < 1.29 is 4.79 Å². The molecule has 1 amide bonds. The number of anilines is 1. The third kappa shape index (κ3) is 3.98. The highest BCUT2D eigenvalue weighted by Crippen LogP contribution is 2.32. The van der Waals surface area contributed by atoms with Gasteiger partial charge in [-0.3, -0.25) is 4.79 Å². The number of rotatable bonds is 3. The lowest BCUT2D eigenvalue weighted by molar-refractivity contribution is -0.111. The van der Waals surface area contributed by atoms with E-state index < -0.39 is 0 Å². The molecule has 0 spiro atoms. The number of hydrogen-bond acceptors (Lipinski definition) is 2. The van der Waals surface area contributed by atoms with Gasteiger partial charge in [0, 0.05) is 6.08 Å². The van der Waals surface area contributed by atoms with E-state index in [9.17, 15) is 4.79 Å². The molecule has 0 aliphatic heterocycles. The van der Waals surface area contributed by atoms with Gasteiger partial charge in [-0.1, -0.05) is 34.8 Å². The molecule has 0 bridgehead atoms. The van der Waals surface area contributed by atoms with Gasteiger partial charge >= 0.3 is 0 Å². The summed E-state index contributed by atoms with van der Waals surface area (Å²) < 4.78 is 0. The topological polar surface area (TPSA) is 29.1 Å². The molecule has 0 aliphatic rings. The number of thiophene rings is 1. The smallest absolute Gasteiger partial charge is 0.248 e. The first-order valence-corrected chi connectivity index (χ1v) is 7.30. The predicted octanol–water partition coefficient (Wildman–Crippen LogP) is 5.36. The van der Waals surface area contributed by atoms with Gasteiger partial charge in [-0.05, 0) is 40.6 Å². The summed E-state index contributed by atoms with van der Waals surface area (Å²) in [5, 5.41) is 7.54. The van der Waals surface area contributed by atoms with Crippen molar-refractivity contribution in [1.29, 1.82) is 0 Å². The van der Waals surface area contributed by atoms with Gasteiger partial charge < -0.3 is 5.32 Å². The van der Waals surface area contributed by atoms with E-state index in [1.54, 1.807) is 17.4 Å². The summed E-state index contributed by atoms with van der Waals surface area (Å²) in [6.45, 7) is 0. The third-order valence-corrected chi connectivity index (χ3v) is 3.97. The first-order chi connectivity index (χ1) is 9.06. The minimum Gasteiger partial charge on any atom is -0.321 e. The van der Waals surface area contributed by atoms with Crippen LogP contribution in [0.3, 0.4) is 0 Å². The van der Waals surface area contributed by atoms with E-state index >= 15 is 0 Å². The lowest BCUT2D eigenvalue weighted by Crippen LogP contribution is -2.08. The second-order valence-corrected chi connectivity index (χ2v) is 5.63. The van der Waals surface area contributed by atoms with Gasteiger partial charge in [-0.2, -0.15) is 11.3 Å². The lowest BCUT2D eigenvalue weighted by Gasteiger charge is -2.06. The number of amides is 1. The van der Waals surface area contributed by atoms with Gasteiger partial charge in [0.1, 0.15) is 0 Å². The molecular weight excluding hydrogens is 325 g/mol. The Hall–Kier alpha value is -1.000. The summed E-state index contributed by atoms with van der Waals surface area (Å²) in [5.74, 6) is -0.286.